The van der Waals surface area contributed by atoms with Crippen molar-refractivity contribution < 1.29 is 9.53 Å². The van der Waals surface area contributed by atoms with Gasteiger partial charge in [-0.15, -0.1) is 0 Å². The summed E-state index contributed by atoms with van der Waals surface area (Å²) in [7, 11) is 3.41. The van der Waals surface area contributed by atoms with Crippen LogP contribution in [-0.4, -0.2) is 34.9 Å². The molecule has 0 aliphatic rings. The van der Waals surface area contributed by atoms with Crippen molar-refractivity contribution in [3.05, 3.63) is 66.0 Å². The van der Waals surface area contributed by atoms with Crippen molar-refractivity contribution in [3.8, 4) is 5.75 Å². The Morgan fingerprint density at radius 2 is 1.87 bits per heavy atom. The number of carbonyl (C=O) groups excluding carboxylic acids is 1. The van der Waals surface area contributed by atoms with Gasteiger partial charge in [-0.3, -0.25) is 14.8 Å². The van der Waals surface area contributed by atoms with E-state index in [1.165, 1.54) is 0 Å². The molecule has 3 rings (SSSR count). The molecule has 0 saturated carbocycles. The van der Waals surface area contributed by atoms with Gasteiger partial charge in [0.1, 0.15) is 5.75 Å². The summed E-state index contributed by atoms with van der Waals surface area (Å²) in [5, 5.41) is 0. The van der Waals surface area contributed by atoms with Gasteiger partial charge in [-0.05, 0) is 35.9 Å². The van der Waals surface area contributed by atoms with E-state index < -0.39 is 0 Å². The minimum absolute atomic E-state index is 0.0552. The Morgan fingerprint density at radius 3 is 2.65 bits per heavy atom. The number of hydrogen-bond donors (Lipinski definition) is 0. The summed E-state index contributed by atoms with van der Waals surface area (Å²) in [6.45, 7) is 0.508. The smallest absolute Gasteiger partial charge is 0.253 e. The molecule has 5 nitrogen and oxygen atoms in total. The van der Waals surface area contributed by atoms with Crippen LogP contribution >= 0.6 is 0 Å². The highest BCUT2D eigenvalue weighted by atomic mass is 16.5. The van der Waals surface area contributed by atoms with Crippen LogP contribution in [0.4, 0.5) is 0 Å². The lowest BCUT2D eigenvalue weighted by Crippen LogP contribution is -2.26. The topological polar surface area (TPSA) is 55.3 Å². The van der Waals surface area contributed by atoms with E-state index in [9.17, 15) is 4.79 Å². The van der Waals surface area contributed by atoms with Gasteiger partial charge in [-0.25, -0.2) is 0 Å². The normalized spacial score (nSPS) is 10.5. The third kappa shape index (κ3) is 3.29. The fourth-order valence-corrected chi connectivity index (χ4v) is 2.43. The first-order valence-corrected chi connectivity index (χ1v) is 7.26. The highest BCUT2D eigenvalue weighted by Gasteiger charge is 2.13. The molecule has 0 aliphatic heterocycles. The van der Waals surface area contributed by atoms with E-state index in [0.29, 0.717) is 17.6 Å². The maximum Gasteiger partial charge on any atom is 0.253 e. The van der Waals surface area contributed by atoms with Crippen LogP contribution in [-0.2, 0) is 6.54 Å². The lowest BCUT2D eigenvalue weighted by molar-refractivity contribution is 0.0785. The predicted molar refractivity (Wildman–Crippen MR) is 88.3 cm³/mol. The Hall–Kier alpha value is -2.95. The van der Waals surface area contributed by atoms with E-state index >= 15 is 0 Å². The summed E-state index contributed by atoms with van der Waals surface area (Å²) in [6.07, 6.45) is 3.26. The number of benzene rings is 2. The first kappa shape index (κ1) is 15.0. The van der Waals surface area contributed by atoms with Crippen LogP contribution in [0.2, 0.25) is 0 Å². The maximum absolute atomic E-state index is 12.6. The van der Waals surface area contributed by atoms with Crippen molar-refractivity contribution in [2.24, 2.45) is 0 Å². The van der Waals surface area contributed by atoms with E-state index in [-0.39, 0.29) is 5.91 Å². The summed E-state index contributed by atoms with van der Waals surface area (Å²) >= 11 is 0. The number of rotatable bonds is 4. The third-order valence-electron chi connectivity index (χ3n) is 3.62. The van der Waals surface area contributed by atoms with Crippen molar-refractivity contribution in [1.82, 2.24) is 14.9 Å². The maximum atomic E-state index is 12.6. The van der Waals surface area contributed by atoms with Crippen LogP contribution in [0.25, 0.3) is 11.0 Å². The minimum Gasteiger partial charge on any atom is -0.497 e. The SMILES string of the molecule is COc1cccc(CN(C)C(=O)c2ccc3nccnc3c2)c1. The number of methoxy groups -OCH3 is 1. The zero-order valence-corrected chi connectivity index (χ0v) is 13.1. The molecule has 0 atom stereocenters. The molecule has 5 heteroatoms. The molecule has 0 unspecified atom stereocenters. The molecular formula is C18H17N3O2. The Labute approximate surface area is 134 Å². The molecule has 3 aromatic rings. The standard InChI is InChI=1S/C18H17N3O2/c1-21(12-13-4-3-5-15(10-13)23-2)18(22)14-6-7-16-17(11-14)20-9-8-19-16/h3-11H,12H2,1-2H3. The first-order valence-electron chi connectivity index (χ1n) is 7.26. The molecule has 0 spiro atoms. The third-order valence-corrected chi connectivity index (χ3v) is 3.62. The molecule has 23 heavy (non-hydrogen) atoms. The second kappa shape index (κ2) is 6.44. The molecular weight excluding hydrogens is 290 g/mol. The van der Waals surface area contributed by atoms with E-state index in [0.717, 1.165) is 16.8 Å². The summed E-state index contributed by atoms with van der Waals surface area (Å²) in [6, 6.07) is 13.1. The second-order valence-electron chi connectivity index (χ2n) is 5.27. The molecule has 0 saturated heterocycles. The largest absolute Gasteiger partial charge is 0.497 e. The van der Waals surface area contributed by atoms with Crippen molar-refractivity contribution >= 4 is 16.9 Å². The first-order chi connectivity index (χ1) is 11.2. The number of aromatic nitrogens is 2. The molecule has 0 fully saturated rings. The van der Waals surface area contributed by atoms with Crippen molar-refractivity contribution in [1.29, 1.82) is 0 Å². The number of amides is 1. The van der Waals surface area contributed by atoms with Gasteiger partial charge in [0.15, 0.2) is 0 Å². The van der Waals surface area contributed by atoms with Crippen molar-refractivity contribution in [3.63, 3.8) is 0 Å². The summed E-state index contributed by atoms with van der Waals surface area (Å²) in [5.41, 5.74) is 3.11. The lowest BCUT2D eigenvalue weighted by atomic mass is 10.1. The summed E-state index contributed by atoms with van der Waals surface area (Å²) in [4.78, 5) is 22.7. The van der Waals surface area contributed by atoms with E-state index in [2.05, 4.69) is 9.97 Å². The van der Waals surface area contributed by atoms with Crippen LogP contribution in [0, 0.1) is 0 Å². The molecule has 0 aliphatic carbocycles. The van der Waals surface area contributed by atoms with Gasteiger partial charge in [0, 0.05) is 31.5 Å². The van der Waals surface area contributed by atoms with Gasteiger partial charge >= 0.3 is 0 Å². The van der Waals surface area contributed by atoms with Gasteiger partial charge < -0.3 is 9.64 Å². The minimum atomic E-state index is -0.0552. The van der Waals surface area contributed by atoms with E-state index in [1.54, 1.807) is 43.6 Å². The van der Waals surface area contributed by atoms with Crippen LogP contribution < -0.4 is 4.74 Å². The Morgan fingerprint density at radius 1 is 1.09 bits per heavy atom. The zero-order chi connectivity index (χ0) is 16.2. The molecule has 1 aromatic heterocycles. The van der Waals surface area contributed by atoms with E-state index in [4.69, 9.17) is 4.74 Å². The molecule has 116 valence electrons. The van der Waals surface area contributed by atoms with Gasteiger partial charge in [-0.2, -0.15) is 0 Å². The van der Waals surface area contributed by atoms with Crippen molar-refractivity contribution in [2.75, 3.05) is 14.2 Å². The fourth-order valence-electron chi connectivity index (χ4n) is 2.43. The number of nitrogens with zero attached hydrogens (tertiary/aromatic N) is 3. The molecule has 2 aromatic carbocycles. The van der Waals surface area contributed by atoms with Crippen LogP contribution in [0.5, 0.6) is 5.75 Å². The molecule has 0 N–H and O–H groups in total. The number of carbonyl (C=O) groups is 1. The summed E-state index contributed by atoms with van der Waals surface area (Å²) < 4.78 is 5.21. The quantitative estimate of drug-likeness (QED) is 0.743. The average molecular weight is 307 g/mol. The van der Waals surface area contributed by atoms with Gasteiger partial charge in [0.05, 0.1) is 18.1 Å². The average Bonchev–Trinajstić information content (AvgIpc) is 2.60. The lowest BCUT2D eigenvalue weighted by Gasteiger charge is -2.18. The van der Waals surface area contributed by atoms with E-state index in [1.807, 2.05) is 30.3 Å². The molecule has 1 amide bonds. The number of ether oxygens (including phenoxy) is 1. The second-order valence-corrected chi connectivity index (χ2v) is 5.27. The highest BCUT2D eigenvalue weighted by molar-refractivity contribution is 5.97. The zero-order valence-electron chi connectivity index (χ0n) is 13.1. The molecule has 0 bridgehead atoms. The Balaban J connectivity index is 1.80. The molecule has 1 heterocycles. The fraction of sp³-hybridized carbons (Fsp3) is 0.167. The molecule has 0 radical (unpaired) electrons. The number of fused-ring (bicyclic) bond motifs is 1. The van der Waals surface area contributed by atoms with Gasteiger partial charge in [0.2, 0.25) is 0 Å². The predicted octanol–water partition coefficient (Wildman–Crippen LogP) is 2.91. The summed E-state index contributed by atoms with van der Waals surface area (Å²) in [5.74, 6) is 0.727. The Kier molecular flexibility index (Phi) is 4.19. The highest BCUT2D eigenvalue weighted by Crippen LogP contribution is 2.16. The van der Waals surface area contributed by atoms with Crippen molar-refractivity contribution in [2.45, 2.75) is 6.54 Å². The van der Waals surface area contributed by atoms with Crippen LogP contribution in [0.15, 0.2) is 54.9 Å². The monoisotopic (exact) mass is 307 g/mol. The van der Waals surface area contributed by atoms with Crippen LogP contribution in [0.1, 0.15) is 15.9 Å². The Bertz CT molecular complexity index is 848. The van der Waals surface area contributed by atoms with Crippen LogP contribution in [0.3, 0.4) is 0 Å². The van der Waals surface area contributed by atoms with Gasteiger partial charge in [-0.1, -0.05) is 12.1 Å². The van der Waals surface area contributed by atoms with Gasteiger partial charge in [0.25, 0.3) is 5.91 Å². The number of hydrogen-bond acceptors (Lipinski definition) is 4.